The lowest BCUT2D eigenvalue weighted by molar-refractivity contribution is 0.0935. The van der Waals surface area contributed by atoms with Crippen molar-refractivity contribution < 1.29 is 13.6 Å². The third-order valence-electron chi connectivity index (χ3n) is 7.19. The zero-order valence-electron chi connectivity index (χ0n) is 18.3. The molecule has 1 saturated heterocycles. The fourth-order valence-corrected chi connectivity index (χ4v) is 5.03. The second-order valence-corrected chi connectivity index (χ2v) is 9.57. The van der Waals surface area contributed by atoms with Gasteiger partial charge < -0.3 is 10.2 Å². The second-order valence-electron chi connectivity index (χ2n) is 9.57. The molecule has 0 aromatic carbocycles. The van der Waals surface area contributed by atoms with Gasteiger partial charge >= 0.3 is 0 Å². The van der Waals surface area contributed by atoms with Crippen molar-refractivity contribution in [2.75, 3.05) is 18.0 Å². The van der Waals surface area contributed by atoms with Gasteiger partial charge in [0, 0.05) is 36.0 Å². The van der Waals surface area contributed by atoms with E-state index in [2.05, 4.69) is 30.5 Å². The molecule has 3 aromatic rings. The fourth-order valence-electron chi connectivity index (χ4n) is 5.03. The summed E-state index contributed by atoms with van der Waals surface area (Å²) < 4.78 is 29.0. The van der Waals surface area contributed by atoms with Gasteiger partial charge in [-0.1, -0.05) is 6.07 Å². The molecule has 3 aliphatic rings. The topological polar surface area (TPSA) is 91.7 Å². The average molecular weight is 453 g/mol. The number of halogens is 2. The minimum absolute atomic E-state index is 0.121. The maximum atomic E-state index is 13.8. The van der Waals surface area contributed by atoms with Crippen LogP contribution in [-0.4, -0.2) is 44.0 Å². The number of fused-ring (bicyclic) bond motifs is 1. The zero-order valence-corrected chi connectivity index (χ0v) is 18.3. The smallest absolute Gasteiger partial charge is 0.280 e. The van der Waals surface area contributed by atoms with Crippen LogP contribution in [0.1, 0.15) is 70.3 Å². The highest BCUT2D eigenvalue weighted by molar-refractivity contribution is 5.94. The Morgan fingerprint density at radius 2 is 2.15 bits per heavy atom. The van der Waals surface area contributed by atoms with Crippen molar-refractivity contribution >= 4 is 11.7 Å². The minimum atomic E-state index is -2.68. The van der Waals surface area contributed by atoms with E-state index in [4.69, 9.17) is 0 Å². The molecule has 33 heavy (non-hydrogen) atoms. The van der Waals surface area contributed by atoms with Crippen LogP contribution in [0, 0.1) is 12.3 Å². The summed E-state index contributed by atoms with van der Waals surface area (Å²) >= 11 is 0. The first-order chi connectivity index (χ1) is 15.9. The zero-order chi connectivity index (χ0) is 22.7. The van der Waals surface area contributed by atoms with Gasteiger partial charge in [0.1, 0.15) is 11.5 Å². The van der Waals surface area contributed by atoms with E-state index in [1.165, 1.54) is 23.7 Å². The number of amides is 1. The van der Waals surface area contributed by atoms with Gasteiger partial charge in [0.05, 0.1) is 30.0 Å². The number of pyridine rings is 1. The van der Waals surface area contributed by atoms with Crippen molar-refractivity contribution in [1.29, 1.82) is 0 Å². The average Bonchev–Trinajstić information content (AvgIpc) is 3.08. The van der Waals surface area contributed by atoms with Crippen LogP contribution >= 0.6 is 0 Å². The van der Waals surface area contributed by atoms with Gasteiger partial charge in [-0.05, 0) is 44.2 Å². The largest absolute Gasteiger partial charge is 0.355 e. The van der Waals surface area contributed by atoms with Gasteiger partial charge in [-0.25, -0.2) is 13.8 Å². The molecule has 0 bridgehead atoms. The lowest BCUT2D eigenvalue weighted by atomic mass is 9.97. The number of carbonyl (C=O) groups excluding carboxylic acids is 1. The molecule has 172 valence electrons. The number of hydrogen-bond acceptors (Lipinski definition) is 5. The number of nitrogens with zero attached hydrogens (tertiary/aromatic N) is 5. The number of hydrogen-bond donors (Lipinski definition) is 2. The van der Waals surface area contributed by atoms with Gasteiger partial charge in [-0.2, -0.15) is 10.2 Å². The van der Waals surface area contributed by atoms with Crippen LogP contribution in [0.15, 0.2) is 24.5 Å². The lowest BCUT2D eigenvalue weighted by Gasteiger charge is -2.41. The molecule has 0 unspecified atom stereocenters. The van der Waals surface area contributed by atoms with E-state index in [1.54, 1.807) is 18.3 Å². The Morgan fingerprint density at radius 1 is 1.33 bits per heavy atom. The summed E-state index contributed by atoms with van der Waals surface area (Å²) in [5, 5.41) is 14.5. The predicted octanol–water partition coefficient (Wildman–Crippen LogP) is 3.31. The number of aromatic nitrogens is 5. The number of H-pyrrole nitrogens is 1. The Balaban J connectivity index is 1.15. The lowest BCUT2D eigenvalue weighted by Crippen LogP contribution is -2.49. The van der Waals surface area contributed by atoms with Gasteiger partial charge in [0.15, 0.2) is 0 Å². The molecule has 8 nitrogen and oxygen atoms in total. The van der Waals surface area contributed by atoms with Crippen molar-refractivity contribution in [2.24, 2.45) is 5.41 Å². The summed E-state index contributed by atoms with van der Waals surface area (Å²) in [6.45, 7) is 3.90. The molecule has 3 aromatic heterocycles. The van der Waals surface area contributed by atoms with Crippen LogP contribution in [-0.2, 0) is 13.0 Å². The van der Waals surface area contributed by atoms with E-state index < -0.39 is 6.43 Å². The third-order valence-corrected chi connectivity index (χ3v) is 7.19. The highest BCUT2D eigenvalue weighted by Gasteiger charge is 2.52. The van der Waals surface area contributed by atoms with Gasteiger partial charge in [0.25, 0.3) is 12.3 Å². The molecule has 1 saturated carbocycles. The normalized spacial score (nSPS) is 20.2. The van der Waals surface area contributed by atoms with E-state index in [0.717, 1.165) is 42.9 Å². The van der Waals surface area contributed by atoms with Crippen LogP contribution in [0.3, 0.4) is 0 Å². The van der Waals surface area contributed by atoms with Crippen LogP contribution in [0.5, 0.6) is 0 Å². The predicted molar refractivity (Wildman–Crippen MR) is 116 cm³/mol. The molecule has 0 radical (unpaired) electrons. The molecule has 4 heterocycles. The van der Waals surface area contributed by atoms with Crippen LogP contribution < -0.4 is 10.2 Å². The highest BCUT2D eigenvalue weighted by atomic mass is 19.3. The molecule has 2 fully saturated rings. The monoisotopic (exact) mass is 453 g/mol. The fraction of sp³-hybridized carbons (Fsp3) is 0.478. The number of nitrogens with one attached hydrogen (secondary N) is 2. The quantitative estimate of drug-likeness (QED) is 0.598. The first-order valence-corrected chi connectivity index (χ1v) is 11.3. The first-order valence-electron chi connectivity index (χ1n) is 11.3. The van der Waals surface area contributed by atoms with Crippen LogP contribution in [0.2, 0.25) is 0 Å². The summed E-state index contributed by atoms with van der Waals surface area (Å²) in [4.78, 5) is 19.1. The molecule has 2 aliphatic carbocycles. The van der Waals surface area contributed by atoms with E-state index >= 15 is 0 Å². The third kappa shape index (κ3) is 3.57. The van der Waals surface area contributed by atoms with Crippen molar-refractivity contribution in [3.63, 3.8) is 0 Å². The maximum Gasteiger partial charge on any atom is 0.280 e. The number of aromatic amines is 1. The Labute approximate surface area is 189 Å². The first kappa shape index (κ1) is 20.3. The summed E-state index contributed by atoms with van der Waals surface area (Å²) in [5.74, 6) is 0.353. The summed E-state index contributed by atoms with van der Waals surface area (Å²) in [7, 11) is 0. The Morgan fingerprint density at radius 3 is 2.91 bits per heavy atom. The Hall–Kier alpha value is -3.30. The van der Waals surface area contributed by atoms with Crippen molar-refractivity contribution in [1.82, 2.24) is 30.3 Å². The number of alkyl halides is 2. The van der Waals surface area contributed by atoms with E-state index in [1.807, 2.05) is 6.92 Å². The minimum Gasteiger partial charge on any atom is -0.355 e. The van der Waals surface area contributed by atoms with E-state index in [-0.39, 0.29) is 24.2 Å². The van der Waals surface area contributed by atoms with Crippen LogP contribution in [0.25, 0.3) is 0 Å². The number of carbonyl (C=O) groups is 1. The second kappa shape index (κ2) is 7.36. The molecule has 1 spiro atoms. The van der Waals surface area contributed by atoms with Crippen molar-refractivity contribution in [2.45, 2.75) is 51.6 Å². The number of aryl methyl sites for hydroxylation is 1. The van der Waals surface area contributed by atoms with Gasteiger partial charge in [0.2, 0.25) is 0 Å². The van der Waals surface area contributed by atoms with Gasteiger partial charge in [-0.3, -0.25) is 14.6 Å². The Kier molecular flexibility index (Phi) is 4.53. The number of anilines is 1. The molecular formula is C23H25F2N7O. The maximum absolute atomic E-state index is 13.8. The molecule has 10 heteroatoms. The highest BCUT2D eigenvalue weighted by Crippen LogP contribution is 2.53. The molecule has 1 amide bonds. The summed E-state index contributed by atoms with van der Waals surface area (Å²) in [6.07, 6.45) is 4.49. The molecule has 6 rings (SSSR count). The molecule has 1 atom stereocenters. The van der Waals surface area contributed by atoms with Crippen molar-refractivity contribution in [3.05, 3.63) is 58.3 Å². The van der Waals surface area contributed by atoms with Crippen molar-refractivity contribution in [3.8, 4) is 0 Å². The van der Waals surface area contributed by atoms with E-state index in [9.17, 15) is 13.6 Å². The Bertz CT molecular complexity index is 1220. The molecule has 1 aliphatic heterocycles. The summed E-state index contributed by atoms with van der Waals surface area (Å²) in [6, 6.07) is 3.36. The van der Waals surface area contributed by atoms with Crippen LogP contribution in [0.4, 0.5) is 14.6 Å². The molecule has 2 N–H and O–H groups in total. The number of rotatable bonds is 6. The van der Waals surface area contributed by atoms with Gasteiger partial charge in [-0.15, -0.1) is 0 Å². The van der Waals surface area contributed by atoms with E-state index in [0.29, 0.717) is 22.4 Å². The molecular weight excluding hydrogens is 428 g/mol. The standard InChI is InChI=1S/C23H25F2N7O/c1-13-16-3-4-17(20(16)30-29-13)27-22(33)15-8-26-32(10-15)9-14-2-5-18(28-19(14)21(24)25)31-11-23(12-31)6-7-23/h2,5,8,10,17,21H,3-4,6-7,9,11-12H2,1H3,(H,27,33)(H,29,30)/t17-/m1/s1. The SMILES string of the molecule is Cc1[nH]nc2c1CC[C@H]2NC(=O)c1cnn(Cc2ccc(N3CC4(CC4)C3)nc2C(F)F)c1. The summed E-state index contributed by atoms with van der Waals surface area (Å²) in [5.41, 5.74) is 4.07.